The van der Waals surface area contributed by atoms with Crippen LogP contribution in [-0.2, 0) is 0 Å². The molecule has 1 aliphatic heterocycles. The van der Waals surface area contributed by atoms with Crippen LogP contribution in [0.25, 0.3) is 0 Å². The number of ether oxygens (including phenoxy) is 1. The second-order valence-electron chi connectivity index (χ2n) is 7.00. The Morgan fingerprint density at radius 3 is 2.30 bits per heavy atom. The zero-order valence-corrected chi connectivity index (χ0v) is 17.5. The summed E-state index contributed by atoms with van der Waals surface area (Å²) in [5.74, 6) is -0.0198. The number of nitrogens with one attached hydrogen (secondary N) is 1. The van der Waals surface area contributed by atoms with Crippen LogP contribution in [-0.4, -0.2) is 49.3 Å². The van der Waals surface area contributed by atoms with Gasteiger partial charge in [-0.25, -0.2) is 4.99 Å². The number of hydrogen-bond acceptors (Lipinski definition) is 3. The van der Waals surface area contributed by atoms with E-state index >= 15 is 0 Å². The van der Waals surface area contributed by atoms with Gasteiger partial charge in [0.05, 0.1) is 19.1 Å². The highest BCUT2D eigenvalue weighted by atomic mass is 127. The Morgan fingerprint density at radius 2 is 1.78 bits per heavy atom. The maximum absolute atomic E-state index is 12.7. The van der Waals surface area contributed by atoms with E-state index in [-0.39, 0.29) is 42.9 Å². The molecule has 1 saturated carbocycles. The molecule has 1 heterocycles. The fourth-order valence-corrected chi connectivity index (χ4v) is 3.61. The molecule has 1 aromatic rings. The van der Waals surface area contributed by atoms with Crippen LogP contribution in [0.3, 0.4) is 0 Å². The highest BCUT2D eigenvalue weighted by molar-refractivity contribution is 14.0. The van der Waals surface area contributed by atoms with Crippen LogP contribution in [0.2, 0.25) is 0 Å². The van der Waals surface area contributed by atoms with Gasteiger partial charge >= 0.3 is 6.18 Å². The molecule has 152 valence electrons. The first-order chi connectivity index (χ1) is 12.3. The van der Waals surface area contributed by atoms with Crippen LogP contribution in [0.5, 0.6) is 5.75 Å². The Morgan fingerprint density at radius 1 is 1.19 bits per heavy atom. The van der Waals surface area contributed by atoms with Crippen molar-refractivity contribution in [3.05, 3.63) is 24.3 Å². The molecule has 0 spiro atoms. The van der Waals surface area contributed by atoms with Gasteiger partial charge in [0.15, 0.2) is 5.96 Å². The minimum Gasteiger partial charge on any atom is -0.497 e. The van der Waals surface area contributed by atoms with Gasteiger partial charge in [-0.05, 0) is 63.0 Å². The molecule has 3 rings (SSSR count). The SMILES string of the molecule is COc1ccc(NC(N)=NC2CC(N3CCC(C(F)(F)F)CC3)C2)cc1.I. The molecular formula is C18H26F3IN4O. The molecule has 1 aromatic carbocycles. The number of aliphatic imine (C=N–C) groups is 1. The number of halogens is 4. The van der Waals surface area contributed by atoms with E-state index < -0.39 is 12.1 Å². The van der Waals surface area contributed by atoms with Crippen molar-refractivity contribution in [2.45, 2.75) is 43.9 Å². The summed E-state index contributed by atoms with van der Waals surface area (Å²) in [7, 11) is 1.61. The third kappa shape index (κ3) is 5.87. The summed E-state index contributed by atoms with van der Waals surface area (Å²) in [6, 6.07) is 7.84. The molecule has 5 nitrogen and oxygen atoms in total. The monoisotopic (exact) mass is 498 g/mol. The van der Waals surface area contributed by atoms with Crippen molar-refractivity contribution >= 4 is 35.6 Å². The Hall–Kier alpha value is -1.23. The fourth-order valence-electron chi connectivity index (χ4n) is 3.61. The number of nitrogens with zero attached hydrogens (tertiary/aromatic N) is 2. The van der Waals surface area contributed by atoms with Crippen LogP contribution < -0.4 is 15.8 Å². The van der Waals surface area contributed by atoms with Crippen LogP contribution in [0.15, 0.2) is 29.3 Å². The molecule has 0 amide bonds. The molecule has 9 heteroatoms. The van der Waals surface area contributed by atoms with Crippen molar-refractivity contribution in [3.8, 4) is 5.75 Å². The van der Waals surface area contributed by atoms with E-state index in [0.29, 0.717) is 25.1 Å². The number of likely N-dealkylation sites (tertiary alicyclic amines) is 1. The second-order valence-corrected chi connectivity index (χ2v) is 7.00. The van der Waals surface area contributed by atoms with E-state index in [2.05, 4.69) is 15.2 Å². The van der Waals surface area contributed by atoms with Gasteiger partial charge in [-0.1, -0.05) is 0 Å². The molecule has 3 N–H and O–H groups in total. The fraction of sp³-hybridized carbons (Fsp3) is 0.611. The smallest absolute Gasteiger partial charge is 0.391 e. The molecule has 0 radical (unpaired) electrons. The highest BCUT2D eigenvalue weighted by Crippen LogP contribution is 2.37. The molecule has 0 atom stereocenters. The van der Waals surface area contributed by atoms with E-state index in [1.54, 1.807) is 7.11 Å². The largest absolute Gasteiger partial charge is 0.497 e. The maximum Gasteiger partial charge on any atom is 0.391 e. The molecular weight excluding hydrogens is 472 g/mol. The minimum atomic E-state index is -4.06. The Balaban J connectivity index is 0.00000261. The van der Waals surface area contributed by atoms with Crippen molar-refractivity contribution in [1.29, 1.82) is 0 Å². The first kappa shape index (κ1) is 22.1. The van der Waals surface area contributed by atoms with E-state index in [0.717, 1.165) is 24.3 Å². The van der Waals surface area contributed by atoms with Gasteiger partial charge in [0.2, 0.25) is 0 Å². The number of guanidine groups is 1. The van der Waals surface area contributed by atoms with Crippen LogP contribution in [0.4, 0.5) is 18.9 Å². The molecule has 27 heavy (non-hydrogen) atoms. The van der Waals surface area contributed by atoms with E-state index in [9.17, 15) is 13.2 Å². The van der Waals surface area contributed by atoms with Gasteiger partial charge < -0.3 is 20.7 Å². The van der Waals surface area contributed by atoms with Gasteiger partial charge in [0.25, 0.3) is 0 Å². The normalized spacial score (nSPS) is 24.7. The number of anilines is 1. The molecule has 0 unspecified atom stereocenters. The van der Waals surface area contributed by atoms with Crippen molar-refractivity contribution in [2.24, 2.45) is 16.6 Å². The zero-order valence-electron chi connectivity index (χ0n) is 15.2. The molecule has 0 aromatic heterocycles. The minimum absolute atomic E-state index is 0. The molecule has 1 saturated heterocycles. The summed E-state index contributed by atoms with van der Waals surface area (Å²) < 4.78 is 43.3. The lowest BCUT2D eigenvalue weighted by Gasteiger charge is -2.44. The van der Waals surface area contributed by atoms with Crippen molar-refractivity contribution in [1.82, 2.24) is 4.90 Å². The van der Waals surface area contributed by atoms with Crippen molar-refractivity contribution in [2.75, 3.05) is 25.5 Å². The van der Waals surface area contributed by atoms with E-state index in [1.807, 2.05) is 24.3 Å². The molecule has 1 aliphatic carbocycles. The summed E-state index contributed by atoms with van der Waals surface area (Å²) in [5.41, 5.74) is 6.78. The number of benzene rings is 1. The highest BCUT2D eigenvalue weighted by Gasteiger charge is 2.43. The predicted octanol–water partition coefficient (Wildman–Crippen LogP) is 3.85. The van der Waals surface area contributed by atoms with E-state index in [1.165, 1.54) is 0 Å². The lowest BCUT2D eigenvalue weighted by Crippen LogP contribution is -2.51. The lowest BCUT2D eigenvalue weighted by molar-refractivity contribution is -0.187. The average molecular weight is 498 g/mol. The van der Waals surface area contributed by atoms with E-state index in [4.69, 9.17) is 10.5 Å². The van der Waals surface area contributed by atoms with Crippen LogP contribution in [0, 0.1) is 5.92 Å². The number of methoxy groups -OCH3 is 1. The van der Waals surface area contributed by atoms with Gasteiger partial charge in [0, 0.05) is 11.7 Å². The number of rotatable bonds is 4. The summed E-state index contributed by atoms with van der Waals surface area (Å²) in [6.45, 7) is 1.04. The summed E-state index contributed by atoms with van der Waals surface area (Å²) >= 11 is 0. The van der Waals surface area contributed by atoms with Crippen LogP contribution in [0.1, 0.15) is 25.7 Å². The van der Waals surface area contributed by atoms with Crippen molar-refractivity contribution < 1.29 is 17.9 Å². The first-order valence-corrected chi connectivity index (χ1v) is 8.90. The Kier molecular flexibility index (Phi) is 7.61. The topological polar surface area (TPSA) is 62.9 Å². The van der Waals surface area contributed by atoms with Gasteiger partial charge in [0.1, 0.15) is 5.75 Å². The Bertz CT molecular complexity index is 624. The van der Waals surface area contributed by atoms with Gasteiger partial charge in [-0.15, -0.1) is 24.0 Å². The second kappa shape index (κ2) is 9.31. The third-order valence-corrected chi connectivity index (χ3v) is 5.28. The van der Waals surface area contributed by atoms with Crippen LogP contribution >= 0.6 is 24.0 Å². The Labute approximate surface area is 174 Å². The molecule has 2 fully saturated rings. The van der Waals surface area contributed by atoms with Gasteiger partial charge in [-0.3, -0.25) is 0 Å². The number of nitrogens with two attached hydrogens (primary N) is 1. The summed E-state index contributed by atoms with van der Waals surface area (Å²) in [4.78, 5) is 6.63. The van der Waals surface area contributed by atoms with Gasteiger partial charge in [-0.2, -0.15) is 13.2 Å². The third-order valence-electron chi connectivity index (χ3n) is 5.28. The number of piperidine rings is 1. The standard InChI is InChI=1S/C18H25F3N4O.HI/c1-26-16-4-2-13(3-5-16)23-17(22)24-14-10-15(11-14)25-8-6-12(7-9-25)18(19,20)21;/h2-5,12,14-15H,6-11H2,1H3,(H3,22,23,24);1H. The lowest BCUT2D eigenvalue weighted by atomic mass is 9.83. The predicted molar refractivity (Wildman–Crippen MR) is 111 cm³/mol. The molecule has 0 bridgehead atoms. The van der Waals surface area contributed by atoms with Crippen molar-refractivity contribution in [3.63, 3.8) is 0 Å². The first-order valence-electron chi connectivity index (χ1n) is 8.90. The summed E-state index contributed by atoms with van der Waals surface area (Å²) in [5, 5.41) is 3.04. The molecule has 2 aliphatic rings. The number of hydrogen-bond donors (Lipinski definition) is 2. The quantitative estimate of drug-likeness (QED) is 0.376. The summed E-state index contributed by atoms with van der Waals surface area (Å²) in [6.07, 6.45) is -1.95. The average Bonchev–Trinajstić information content (AvgIpc) is 2.58. The zero-order chi connectivity index (χ0) is 18.7. The number of alkyl halides is 3. The maximum atomic E-state index is 12.7.